The molecule has 0 radical (unpaired) electrons. The fourth-order valence-electron chi connectivity index (χ4n) is 2.57. The summed E-state index contributed by atoms with van der Waals surface area (Å²) in [6, 6.07) is 9.35. The first-order valence-corrected chi connectivity index (χ1v) is 8.83. The van der Waals surface area contributed by atoms with Crippen LogP contribution in [0.4, 0.5) is 5.69 Å². The van der Waals surface area contributed by atoms with Gasteiger partial charge in [-0.05, 0) is 35.9 Å². The first-order valence-electron chi connectivity index (χ1n) is 6.51. The van der Waals surface area contributed by atoms with Crippen LogP contribution in [0.1, 0.15) is 16.9 Å². The summed E-state index contributed by atoms with van der Waals surface area (Å²) in [6.45, 7) is 0.779. The standard InChI is InChI=1S/C14H16N2O2S2/c15-10-13-14(7-9-19-13)20(17,18)16-8-3-5-11-4-1-2-6-12(11)16/h1-2,4,6-7,9H,3,5,8,10,15H2. The summed E-state index contributed by atoms with van der Waals surface area (Å²) < 4.78 is 27.3. The Morgan fingerprint density at radius 2 is 2.05 bits per heavy atom. The number of para-hydroxylation sites is 1. The third kappa shape index (κ3) is 2.13. The number of anilines is 1. The topological polar surface area (TPSA) is 63.4 Å². The zero-order valence-electron chi connectivity index (χ0n) is 11.0. The smallest absolute Gasteiger partial charge is 0.265 e. The van der Waals surface area contributed by atoms with Crippen LogP contribution >= 0.6 is 11.3 Å². The van der Waals surface area contributed by atoms with Gasteiger partial charge >= 0.3 is 0 Å². The number of aryl methyl sites for hydroxylation is 1. The first kappa shape index (κ1) is 13.6. The predicted octanol–water partition coefficient (Wildman–Crippen LogP) is 2.35. The molecule has 0 unspecified atom stereocenters. The van der Waals surface area contributed by atoms with E-state index in [9.17, 15) is 8.42 Å². The highest BCUT2D eigenvalue weighted by molar-refractivity contribution is 7.93. The minimum Gasteiger partial charge on any atom is -0.326 e. The molecule has 0 spiro atoms. The summed E-state index contributed by atoms with van der Waals surface area (Å²) >= 11 is 1.39. The van der Waals surface area contributed by atoms with Crippen LogP contribution < -0.4 is 10.0 Å². The molecule has 3 rings (SSSR count). The molecule has 2 aromatic rings. The Labute approximate surface area is 122 Å². The first-order chi connectivity index (χ1) is 9.64. The molecular weight excluding hydrogens is 292 g/mol. The van der Waals surface area contributed by atoms with Crippen molar-refractivity contribution >= 4 is 27.0 Å². The van der Waals surface area contributed by atoms with Crippen LogP contribution in [0.15, 0.2) is 40.6 Å². The molecule has 0 atom stereocenters. The second kappa shape index (κ2) is 5.20. The Morgan fingerprint density at radius 1 is 1.25 bits per heavy atom. The molecule has 1 aliphatic rings. The van der Waals surface area contributed by atoms with Crippen LogP contribution in [0.25, 0.3) is 0 Å². The monoisotopic (exact) mass is 308 g/mol. The Hall–Kier alpha value is -1.37. The quantitative estimate of drug-likeness (QED) is 0.946. The van der Waals surface area contributed by atoms with Crippen LogP contribution in [0.5, 0.6) is 0 Å². The van der Waals surface area contributed by atoms with Gasteiger partial charge in [0.2, 0.25) is 0 Å². The second-order valence-corrected chi connectivity index (χ2v) is 7.55. The zero-order valence-corrected chi connectivity index (χ0v) is 12.6. The Morgan fingerprint density at radius 3 is 2.85 bits per heavy atom. The summed E-state index contributed by atoms with van der Waals surface area (Å²) in [6.07, 6.45) is 1.77. The van der Waals surface area contributed by atoms with Gasteiger partial charge in [-0.15, -0.1) is 11.3 Å². The van der Waals surface area contributed by atoms with Crippen molar-refractivity contribution in [3.63, 3.8) is 0 Å². The van der Waals surface area contributed by atoms with E-state index in [1.165, 1.54) is 15.6 Å². The summed E-state index contributed by atoms with van der Waals surface area (Å²) in [4.78, 5) is 1.06. The fraction of sp³-hybridized carbons (Fsp3) is 0.286. The highest BCUT2D eigenvalue weighted by atomic mass is 32.2. The molecule has 0 saturated carbocycles. The molecule has 0 bridgehead atoms. The van der Waals surface area contributed by atoms with Crippen LogP contribution in [0.3, 0.4) is 0 Å². The zero-order chi connectivity index (χ0) is 14.2. The summed E-state index contributed by atoms with van der Waals surface area (Å²) in [7, 11) is -3.51. The SMILES string of the molecule is NCc1sccc1S(=O)(=O)N1CCCc2ccccc21. The van der Waals surface area contributed by atoms with Crippen molar-refractivity contribution in [3.05, 3.63) is 46.2 Å². The largest absolute Gasteiger partial charge is 0.326 e. The highest BCUT2D eigenvalue weighted by Gasteiger charge is 2.30. The van der Waals surface area contributed by atoms with Gasteiger partial charge in [0.1, 0.15) is 4.90 Å². The minimum absolute atomic E-state index is 0.252. The van der Waals surface area contributed by atoms with Crippen LogP contribution in [0, 0.1) is 0 Å². The number of hydrogen-bond acceptors (Lipinski definition) is 4. The maximum absolute atomic E-state index is 12.9. The van der Waals surface area contributed by atoms with Gasteiger partial charge in [0.05, 0.1) is 5.69 Å². The molecule has 2 N–H and O–H groups in total. The lowest BCUT2D eigenvalue weighted by Crippen LogP contribution is -2.35. The lowest BCUT2D eigenvalue weighted by Gasteiger charge is -2.30. The number of nitrogens with two attached hydrogens (primary N) is 1. The molecular formula is C14H16N2O2S2. The third-order valence-corrected chi connectivity index (χ3v) is 6.50. The molecule has 106 valence electrons. The van der Waals surface area contributed by atoms with Crippen molar-refractivity contribution in [3.8, 4) is 0 Å². The van der Waals surface area contributed by atoms with E-state index in [2.05, 4.69) is 0 Å². The van der Waals surface area contributed by atoms with E-state index in [-0.39, 0.29) is 6.54 Å². The van der Waals surface area contributed by atoms with Crippen molar-refractivity contribution in [2.75, 3.05) is 10.8 Å². The van der Waals surface area contributed by atoms with Gasteiger partial charge in [-0.3, -0.25) is 4.31 Å². The van der Waals surface area contributed by atoms with Gasteiger partial charge < -0.3 is 5.73 Å². The van der Waals surface area contributed by atoms with Crippen molar-refractivity contribution in [2.45, 2.75) is 24.3 Å². The van der Waals surface area contributed by atoms with E-state index in [0.717, 1.165) is 24.1 Å². The Kier molecular flexibility index (Phi) is 3.54. The maximum Gasteiger partial charge on any atom is 0.265 e. The van der Waals surface area contributed by atoms with Crippen molar-refractivity contribution in [1.29, 1.82) is 0 Å². The highest BCUT2D eigenvalue weighted by Crippen LogP contribution is 2.33. The minimum atomic E-state index is -3.51. The molecule has 1 aliphatic heterocycles. The molecule has 1 aromatic carbocycles. The number of sulfonamides is 1. The number of nitrogens with zero attached hydrogens (tertiary/aromatic N) is 1. The number of thiophene rings is 1. The molecule has 0 amide bonds. The predicted molar refractivity (Wildman–Crippen MR) is 81.5 cm³/mol. The van der Waals surface area contributed by atoms with E-state index in [4.69, 9.17) is 5.73 Å². The molecule has 0 saturated heterocycles. The van der Waals surface area contributed by atoms with E-state index in [1.54, 1.807) is 11.4 Å². The van der Waals surface area contributed by atoms with Crippen LogP contribution in [-0.2, 0) is 23.0 Å². The van der Waals surface area contributed by atoms with Gasteiger partial charge in [-0.1, -0.05) is 18.2 Å². The molecule has 0 aliphatic carbocycles. The summed E-state index contributed by atoms with van der Waals surface area (Å²) in [5.41, 5.74) is 7.53. The number of rotatable bonds is 3. The van der Waals surface area contributed by atoms with Crippen LogP contribution in [0.2, 0.25) is 0 Å². The molecule has 4 nitrogen and oxygen atoms in total. The third-order valence-electron chi connectivity index (χ3n) is 3.53. The van der Waals surface area contributed by atoms with Gasteiger partial charge in [-0.2, -0.15) is 0 Å². The van der Waals surface area contributed by atoms with Gasteiger partial charge in [0, 0.05) is 18.0 Å². The molecule has 2 heterocycles. The van der Waals surface area contributed by atoms with Gasteiger partial charge in [-0.25, -0.2) is 8.42 Å². The Balaban J connectivity index is 2.10. The molecule has 0 fully saturated rings. The average Bonchev–Trinajstić information content (AvgIpc) is 2.96. The van der Waals surface area contributed by atoms with Crippen molar-refractivity contribution < 1.29 is 8.42 Å². The molecule has 1 aromatic heterocycles. The molecule has 6 heteroatoms. The maximum atomic E-state index is 12.9. The van der Waals surface area contributed by atoms with E-state index >= 15 is 0 Å². The lowest BCUT2D eigenvalue weighted by molar-refractivity contribution is 0.586. The van der Waals surface area contributed by atoms with Crippen LogP contribution in [-0.4, -0.2) is 15.0 Å². The lowest BCUT2D eigenvalue weighted by atomic mass is 10.0. The molecule has 20 heavy (non-hydrogen) atoms. The number of fused-ring (bicyclic) bond motifs is 1. The normalized spacial score (nSPS) is 15.2. The second-order valence-electron chi connectivity index (χ2n) is 4.72. The van der Waals surface area contributed by atoms with E-state index < -0.39 is 10.0 Å². The van der Waals surface area contributed by atoms with Gasteiger partial charge in [0.25, 0.3) is 10.0 Å². The Bertz CT molecular complexity index is 722. The van der Waals surface area contributed by atoms with E-state index in [0.29, 0.717) is 16.3 Å². The van der Waals surface area contributed by atoms with E-state index in [1.807, 2.05) is 24.3 Å². The average molecular weight is 308 g/mol. The number of benzene rings is 1. The summed E-state index contributed by atoms with van der Waals surface area (Å²) in [5, 5.41) is 1.78. The fourth-order valence-corrected chi connectivity index (χ4v) is 5.43. The number of hydrogen-bond donors (Lipinski definition) is 1. The van der Waals surface area contributed by atoms with Crippen molar-refractivity contribution in [1.82, 2.24) is 0 Å². The van der Waals surface area contributed by atoms with Gasteiger partial charge in [0.15, 0.2) is 0 Å². The van der Waals surface area contributed by atoms with Crippen molar-refractivity contribution in [2.24, 2.45) is 5.73 Å². The summed E-state index contributed by atoms with van der Waals surface area (Å²) in [5.74, 6) is 0.